The molecule has 2 rings (SSSR count). The van der Waals surface area contributed by atoms with Gasteiger partial charge in [0.05, 0.1) is 6.54 Å². The Bertz CT molecular complexity index is 311. The van der Waals surface area contributed by atoms with E-state index in [1.165, 1.54) is 25.8 Å². The van der Waals surface area contributed by atoms with Crippen LogP contribution in [0.5, 0.6) is 0 Å². The molecule has 0 saturated carbocycles. The van der Waals surface area contributed by atoms with Crippen molar-refractivity contribution in [2.45, 2.75) is 46.1 Å². The molecule has 116 valence electrons. The second-order valence-corrected chi connectivity index (χ2v) is 6.90. The number of piperidine rings is 1. The van der Waals surface area contributed by atoms with Gasteiger partial charge in [-0.05, 0) is 32.1 Å². The van der Waals surface area contributed by atoms with Crippen molar-refractivity contribution < 1.29 is 4.79 Å². The summed E-state index contributed by atoms with van der Waals surface area (Å²) < 4.78 is 0. The maximum Gasteiger partial charge on any atom is 0.236 e. The van der Waals surface area contributed by atoms with E-state index in [9.17, 15) is 4.79 Å². The van der Waals surface area contributed by atoms with Gasteiger partial charge in [-0.1, -0.05) is 13.8 Å². The lowest BCUT2D eigenvalue weighted by molar-refractivity contribution is -0.136. The van der Waals surface area contributed by atoms with Gasteiger partial charge in [0.2, 0.25) is 5.91 Å². The number of rotatable bonds is 4. The molecule has 4 nitrogen and oxygen atoms in total. The summed E-state index contributed by atoms with van der Waals surface area (Å²) >= 11 is 0. The van der Waals surface area contributed by atoms with E-state index < -0.39 is 0 Å². The first-order valence-electron chi connectivity index (χ1n) is 8.30. The Kier molecular flexibility index (Phi) is 5.85. The maximum atomic E-state index is 12.4. The highest BCUT2D eigenvalue weighted by atomic mass is 16.2. The minimum absolute atomic E-state index is 0.342. The number of piperazine rings is 1. The number of hydrogen-bond donors (Lipinski definition) is 0. The fourth-order valence-corrected chi connectivity index (χ4v) is 3.40. The molecule has 1 amide bonds. The summed E-state index contributed by atoms with van der Waals surface area (Å²) in [6.07, 6.45) is 3.63. The fraction of sp³-hybridized carbons (Fsp3) is 0.938. The average Bonchev–Trinajstić information content (AvgIpc) is 2.41. The number of carbonyl (C=O) groups excluding carboxylic acids is 1. The summed E-state index contributed by atoms with van der Waals surface area (Å²) in [5.74, 6) is 1.08. The smallest absolute Gasteiger partial charge is 0.236 e. The van der Waals surface area contributed by atoms with Crippen molar-refractivity contribution in [2.75, 3.05) is 45.8 Å². The van der Waals surface area contributed by atoms with E-state index in [0.717, 1.165) is 38.6 Å². The molecule has 0 aliphatic carbocycles. The van der Waals surface area contributed by atoms with Gasteiger partial charge >= 0.3 is 0 Å². The predicted molar refractivity (Wildman–Crippen MR) is 82.7 cm³/mol. The molecule has 0 radical (unpaired) electrons. The third-order valence-electron chi connectivity index (χ3n) is 4.57. The van der Waals surface area contributed by atoms with Crippen molar-refractivity contribution in [3.05, 3.63) is 0 Å². The largest absolute Gasteiger partial charge is 0.339 e. The second-order valence-electron chi connectivity index (χ2n) is 6.90. The lowest BCUT2D eigenvalue weighted by atomic mass is 10.0. The summed E-state index contributed by atoms with van der Waals surface area (Å²) in [7, 11) is 0. The van der Waals surface area contributed by atoms with E-state index in [4.69, 9.17) is 0 Å². The quantitative estimate of drug-likeness (QED) is 0.784. The summed E-state index contributed by atoms with van der Waals surface area (Å²) in [4.78, 5) is 19.4. The third kappa shape index (κ3) is 4.45. The Balaban J connectivity index is 1.73. The summed E-state index contributed by atoms with van der Waals surface area (Å²) in [5, 5.41) is 0. The number of carbonyl (C=O) groups is 1. The van der Waals surface area contributed by atoms with Crippen LogP contribution in [0.4, 0.5) is 0 Å². The van der Waals surface area contributed by atoms with Crippen LogP contribution in [-0.4, -0.2) is 72.5 Å². The van der Waals surface area contributed by atoms with Gasteiger partial charge in [-0.15, -0.1) is 0 Å². The minimum Gasteiger partial charge on any atom is -0.339 e. The molecule has 0 spiro atoms. The molecule has 1 atom stereocenters. The lowest BCUT2D eigenvalue weighted by Crippen LogP contribution is -2.52. The molecular formula is C16H31N3O. The average molecular weight is 281 g/mol. The summed E-state index contributed by atoms with van der Waals surface area (Å²) in [5.41, 5.74) is 0. The van der Waals surface area contributed by atoms with E-state index in [1.54, 1.807) is 0 Å². The first-order chi connectivity index (χ1) is 9.56. The van der Waals surface area contributed by atoms with Gasteiger partial charge in [-0.25, -0.2) is 0 Å². The van der Waals surface area contributed by atoms with Crippen LogP contribution in [0.3, 0.4) is 0 Å². The van der Waals surface area contributed by atoms with Crippen molar-refractivity contribution >= 4 is 5.91 Å². The second kappa shape index (κ2) is 7.41. The summed E-state index contributed by atoms with van der Waals surface area (Å²) in [6, 6.07) is 0.443. The molecule has 0 aromatic rings. The molecule has 0 bridgehead atoms. The van der Waals surface area contributed by atoms with Gasteiger partial charge in [0.15, 0.2) is 0 Å². The molecule has 2 fully saturated rings. The highest BCUT2D eigenvalue weighted by molar-refractivity contribution is 5.78. The number of nitrogens with zero attached hydrogens (tertiary/aromatic N) is 3. The zero-order valence-corrected chi connectivity index (χ0v) is 13.5. The van der Waals surface area contributed by atoms with Crippen molar-refractivity contribution in [2.24, 2.45) is 5.92 Å². The normalized spacial score (nSPS) is 26.2. The van der Waals surface area contributed by atoms with Crippen LogP contribution in [0.2, 0.25) is 0 Å². The van der Waals surface area contributed by atoms with Crippen LogP contribution in [-0.2, 0) is 4.79 Å². The highest BCUT2D eigenvalue weighted by Gasteiger charge is 2.26. The molecule has 2 aliphatic rings. The van der Waals surface area contributed by atoms with Gasteiger partial charge in [-0.3, -0.25) is 9.69 Å². The van der Waals surface area contributed by atoms with Crippen LogP contribution >= 0.6 is 0 Å². The molecule has 2 aliphatic heterocycles. The number of likely N-dealkylation sites (tertiary alicyclic amines) is 1. The first kappa shape index (κ1) is 15.8. The third-order valence-corrected chi connectivity index (χ3v) is 4.57. The number of amides is 1. The minimum atomic E-state index is 0.342. The molecule has 0 N–H and O–H groups in total. The van der Waals surface area contributed by atoms with E-state index in [-0.39, 0.29) is 0 Å². The Hall–Kier alpha value is -0.610. The Morgan fingerprint density at radius 1 is 1.05 bits per heavy atom. The van der Waals surface area contributed by atoms with Crippen LogP contribution in [0.25, 0.3) is 0 Å². The van der Waals surface area contributed by atoms with Gasteiger partial charge < -0.3 is 9.80 Å². The topological polar surface area (TPSA) is 26.8 Å². The molecule has 2 saturated heterocycles. The summed E-state index contributed by atoms with van der Waals surface area (Å²) in [6.45, 7) is 13.8. The van der Waals surface area contributed by atoms with Crippen molar-refractivity contribution in [1.82, 2.24) is 14.7 Å². The van der Waals surface area contributed by atoms with Crippen molar-refractivity contribution in [3.63, 3.8) is 0 Å². The number of hydrogen-bond acceptors (Lipinski definition) is 3. The zero-order valence-electron chi connectivity index (χ0n) is 13.5. The van der Waals surface area contributed by atoms with E-state index in [0.29, 0.717) is 18.5 Å². The molecule has 1 unspecified atom stereocenters. The predicted octanol–water partition coefficient (Wildman–Crippen LogP) is 1.66. The van der Waals surface area contributed by atoms with Crippen molar-refractivity contribution in [1.29, 1.82) is 0 Å². The highest BCUT2D eigenvalue weighted by Crippen LogP contribution is 2.17. The first-order valence-corrected chi connectivity index (χ1v) is 8.30. The van der Waals surface area contributed by atoms with E-state index in [1.807, 2.05) is 0 Å². The monoisotopic (exact) mass is 281 g/mol. The Labute approximate surface area is 124 Å². The van der Waals surface area contributed by atoms with Gasteiger partial charge in [0.25, 0.3) is 0 Å². The van der Waals surface area contributed by atoms with Crippen LogP contribution in [0, 0.1) is 5.92 Å². The van der Waals surface area contributed by atoms with Crippen LogP contribution < -0.4 is 0 Å². The van der Waals surface area contributed by atoms with Crippen molar-refractivity contribution in [3.8, 4) is 0 Å². The van der Waals surface area contributed by atoms with Gasteiger partial charge in [0.1, 0.15) is 0 Å². The maximum absolute atomic E-state index is 12.4. The molecule has 0 aromatic heterocycles. The van der Waals surface area contributed by atoms with E-state index in [2.05, 4.69) is 35.5 Å². The molecular weight excluding hydrogens is 250 g/mol. The standard InChI is InChI=1S/C16H31N3O/c1-14(2)12-17-8-10-18(11-9-17)13-16(20)19-7-5-4-6-15(19)3/h14-15H,4-13H2,1-3H3. The Morgan fingerprint density at radius 3 is 2.30 bits per heavy atom. The zero-order chi connectivity index (χ0) is 14.5. The molecule has 20 heavy (non-hydrogen) atoms. The fourth-order valence-electron chi connectivity index (χ4n) is 3.40. The molecule has 4 heteroatoms. The molecule has 2 heterocycles. The Morgan fingerprint density at radius 2 is 1.70 bits per heavy atom. The lowest BCUT2D eigenvalue weighted by Gasteiger charge is -2.38. The molecule has 0 aromatic carbocycles. The van der Waals surface area contributed by atoms with Crippen LogP contribution in [0.15, 0.2) is 0 Å². The van der Waals surface area contributed by atoms with Gasteiger partial charge in [-0.2, -0.15) is 0 Å². The van der Waals surface area contributed by atoms with E-state index >= 15 is 0 Å². The van der Waals surface area contributed by atoms with Gasteiger partial charge in [0, 0.05) is 45.3 Å². The SMILES string of the molecule is CC(C)CN1CCN(CC(=O)N2CCCCC2C)CC1. The van der Waals surface area contributed by atoms with Crippen LogP contribution in [0.1, 0.15) is 40.0 Å².